The van der Waals surface area contributed by atoms with Gasteiger partial charge in [-0.3, -0.25) is 0 Å². The summed E-state index contributed by atoms with van der Waals surface area (Å²) >= 11 is -0.106. The summed E-state index contributed by atoms with van der Waals surface area (Å²) in [4.78, 5) is 0. The summed E-state index contributed by atoms with van der Waals surface area (Å²) in [6, 6.07) is 57.3. The van der Waals surface area contributed by atoms with Crippen LogP contribution in [-0.2, 0) is 15.9 Å². The average Bonchev–Trinajstić information content (AvgIpc) is 3.06. The van der Waals surface area contributed by atoms with Gasteiger partial charge < -0.3 is 10.2 Å². The number of phenols is 2. The quantitative estimate of drug-likeness (QED) is 0.136. The normalized spacial score (nSPS) is 10.4. The minimum atomic E-state index is -0.569. The molecule has 0 saturated heterocycles. The van der Waals surface area contributed by atoms with E-state index in [2.05, 4.69) is 97.1 Å². The molecule has 0 aliphatic rings. The van der Waals surface area contributed by atoms with Gasteiger partial charge in [0.1, 0.15) is 11.5 Å². The van der Waals surface area contributed by atoms with Gasteiger partial charge in [-0.1, -0.05) is 146 Å². The molecule has 0 aliphatic carbocycles. The number of rotatable bonds is 6. The van der Waals surface area contributed by atoms with E-state index in [1.54, 1.807) is 24.3 Å². The molecule has 0 aromatic heterocycles. The number of aromatic hydroxyl groups is 2. The Bertz CT molecular complexity index is 1410. The Morgan fingerprint density at radius 2 is 0.512 bits per heavy atom. The van der Waals surface area contributed by atoms with E-state index < -0.39 is 15.8 Å². The molecule has 0 bridgehead atoms. The van der Waals surface area contributed by atoms with Crippen molar-refractivity contribution in [3.05, 3.63) is 170 Å². The molecule has 6 aromatic carbocycles. The Morgan fingerprint density at radius 3 is 0.721 bits per heavy atom. The summed E-state index contributed by atoms with van der Waals surface area (Å²) in [5.41, 5.74) is 0. The van der Waals surface area contributed by atoms with Crippen LogP contribution in [0, 0.1) is 0 Å². The van der Waals surface area contributed by atoms with Gasteiger partial charge in [-0.15, -0.1) is 0 Å². The minimum absolute atomic E-state index is 0.106. The molecule has 0 atom stereocenters. The van der Waals surface area contributed by atoms with Gasteiger partial charge in [0.2, 0.25) is 0 Å². The molecule has 0 unspecified atom stereocenters. The van der Waals surface area contributed by atoms with Crippen LogP contribution in [-0.4, -0.2) is 10.2 Å². The number of benzene rings is 6. The molecule has 0 amide bonds. The van der Waals surface area contributed by atoms with E-state index in [0.29, 0.717) is 11.5 Å². The van der Waals surface area contributed by atoms with Crippen molar-refractivity contribution in [1.82, 2.24) is 0 Å². The second kappa shape index (κ2) is 18.0. The SMILES string of the molecule is Oc1ccc(P(c2ccccc2)c2ccccc2)cc1.Oc1ccc(P(c2ccccc2)c2ccccc2)cc1.[Cl][Pd][Cl]. The topological polar surface area (TPSA) is 40.5 Å². The fourth-order valence-electron chi connectivity index (χ4n) is 4.41. The van der Waals surface area contributed by atoms with Crippen molar-refractivity contribution in [2.24, 2.45) is 0 Å². The molecule has 0 heterocycles. The molecule has 0 fully saturated rings. The van der Waals surface area contributed by atoms with Gasteiger partial charge in [-0.2, -0.15) is 0 Å². The molecule has 43 heavy (non-hydrogen) atoms. The number of hydrogen-bond acceptors (Lipinski definition) is 2. The third-order valence-electron chi connectivity index (χ3n) is 6.27. The van der Waals surface area contributed by atoms with Gasteiger partial charge >= 0.3 is 35.0 Å². The molecular weight excluding hydrogens is 704 g/mol. The Hall–Kier alpha value is -2.98. The molecule has 220 valence electrons. The molecule has 2 N–H and O–H groups in total. The number of halogens is 2. The van der Waals surface area contributed by atoms with Gasteiger partial charge in [0.05, 0.1) is 0 Å². The zero-order valence-electron chi connectivity index (χ0n) is 23.0. The van der Waals surface area contributed by atoms with E-state index in [0.717, 1.165) is 0 Å². The van der Waals surface area contributed by atoms with Crippen LogP contribution < -0.4 is 31.8 Å². The molecule has 0 aliphatic heterocycles. The first kappa shape index (κ1) is 32.9. The van der Waals surface area contributed by atoms with Crippen LogP contribution in [0.5, 0.6) is 11.5 Å². The summed E-state index contributed by atoms with van der Waals surface area (Å²) in [5.74, 6) is 0.620. The first-order valence-corrected chi connectivity index (χ1v) is 20.0. The molecule has 6 rings (SSSR count). The fourth-order valence-corrected chi connectivity index (χ4v) is 8.97. The van der Waals surface area contributed by atoms with E-state index in [4.69, 9.17) is 19.1 Å². The summed E-state index contributed by atoms with van der Waals surface area (Å²) in [5, 5.41) is 26.7. The van der Waals surface area contributed by atoms with Gasteiger partial charge in [0.15, 0.2) is 0 Å². The molecular formula is C36H30Cl2O2P2Pd. The fraction of sp³-hybridized carbons (Fsp3) is 0. The zero-order valence-corrected chi connectivity index (χ0v) is 27.9. The van der Waals surface area contributed by atoms with E-state index in [1.807, 2.05) is 48.5 Å². The van der Waals surface area contributed by atoms with Crippen LogP contribution >= 0.6 is 34.9 Å². The summed E-state index contributed by atoms with van der Waals surface area (Å²) in [6.07, 6.45) is 0. The van der Waals surface area contributed by atoms with E-state index >= 15 is 0 Å². The van der Waals surface area contributed by atoms with E-state index in [1.165, 1.54) is 31.8 Å². The summed E-state index contributed by atoms with van der Waals surface area (Å²) in [6.45, 7) is 0. The maximum absolute atomic E-state index is 9.49. The Morgan fingerprint density at radius 1 is 0.326 bits per heavy atom. The van der Waals surface area contributed by atoms with E-state index in [9.17, 15) is 10.2 Å². The van der Waals surface area contributed by atoms with Gasteiger partial charge in [-0.05, 0) is 71.9 Å². The van der Waals surface area contributed by atoms with Gasteiger partial charge in [-0.25, -0.2) is 0 Å². The number of phenolic OH excluding ortho intramolecular Hbond substituents is 2. The van der Waals surface area contributed by atoms with Crippen LogP contribution in [0.4, 0.5) is 0 Å². The second-order valence-corrected chi connectivity index (χ2v) is 15.9. The van der Waals surface area contributed by atoms with Crippen LogP contribution in [0.2, 0.25) is 0 Å². The van der Waals surface area contributed by atoms with Crippen LogP contribution in [0.15, 0.2) is 170 Å². The number of hydrogen-bond donors (Lipinski definition) is 2. The Labute approximate surface area is 272 Å². The maximum atomic E-state index is 9.49. The van der Waals surface area contributed by atoms with Crippen molar-refractivity contribution in [3.63, 3.8) is 0 Å². The van der Waals surface area contributed by atoms with Crippen molar-refractivity contribution < 1.29 is 26.2 Å². The predicted octanol–water partition coefficient (Wildman–Crippen LogP) is 7.68. The molecule has 6 aromatic rings. The summed E-state index contributed by atoms with van der Waals surface area (Å²) < 4.78 is 0. The first-order chi connectivity index (χ1) is 21.1. The third-order valence-corrected chi connectivity index (χ3v) is 11.2. The van der Waals surface area contributed by atoms with Crippen molar-refractivity contribution in [2.75, 3.05) is 0 Å². The molecule has 2 nitrogen and oxygen atoms in total. The molecule has 0 saturated carbocycles. The van der Waals surface area contributed by atoms with Gasteiger partial charge in [0, 0.05) is 0 Å². The van der Waals surface area contributed by atoms with Crippen LogP contribution in [0.1, 0.15) is 0 Å². The van der Waals surface area contributed by atoms with Crippen molar-refractivity contribution in [3.8, 4) is 11.5 Å². The summed E-state index contributed by atoms with van der Waals surface area (Å²) in [7, 11) is 8.49. The Kier molecular flexibility index (Phi) is 13.8. The third kappa shape index (κ3) is 10.0. The second-order valence-electron chi connectivity index (χ2n) is 9.09. The Balaban J connectivity index is 0.000000181. The monoisotopic (exact) mass is 732 g/mol. The van der Waals surface area contributed by atoms with Crippen molar-refractivity contribution in [1.29, 1.82) is 0 Å². The van der Waals surface area contributed by atoms with Crippen molar-refractivity contribution in [2.45, 2.75) is 0 Å². The van der Waals surface area contributed by atoms with E-state index in [-0.39, 0.29) is 15.9 Å². The zero-order chi connectivity index (χ0) is 30.3. The predicted molar refractivity (Wildman–Crippen MR) is 185 cm³/mol. The molecule has 0 spiro atoms. The van der Waals surface area contributed by atoms with Crippen molar-refractivity contribution >= 4 is 66.7 Å². The average molecular weight is 734 g/mol. The first-order valence-electron chi connectivity index (χ1n) is 13.3. The molecule has 0 radical (unpaired) electrons. The van der Waals surface area contributed by atoms with Crippen LogP contribution in [0.3, 0.4) is 0 Å². The van der Waals surface area contributed by atoms with Gasteiger partial charge in [0.25, 0.3) is 0 Å². The van der Waals surface area contributed by atoms with Crippen LogP contribution in [0.25, 0.3) is 0 Å². The molecule has 7 heteroatoms. The standard InChI is InChI=1S/2C18H15OP.2ClH.Pd/c2*19-15-11-13-18(14-12-15)20(16-7-3-1-4-8-16)17-9-5-2-6-10-17;;;/h2*1-14,19H;2*1H;/q;;;;+2/p-2.